The van der Waals surface area contributed by atoms with Crippen LogP contribution in [0.15, 0.2) is 0 Å². The Kier molecular flexibility index (Phi) is 2.16. The molecule has 0 aliphatic rings. The predicted octanol–water partition coefficient (Wildman–Crippen LogP) is 1.80. The first-order chi connectivity index (χ1) is 4.33. The molecule has 3 heteroatoms. The van der Waals surface area contributed by atoms with Crippen LogP contribution in [0.3, 0.4) is 0 Å². The molecule has 0 spiro atoms. The van der Waals surface area contributed by atoms with Gasteiger partial charge in [-0.2, -0.15) is 4.37 Å². The molecule has 0 aromatic carbocycles. The highest BCUT2D eigenvalue weighted by Gasteiger charge is 1.95. The average Bonchev–Trinajstić information content (AvgIpc) is 2.17. The van der Waals surface area contributed by atoms with Gasteiger partial charge in [-0.05, 0) is 24.9 Å². The van der Waals surface area contributed by atoms with E-state index in [1.807, 2.05) is 6.92 Å². The van der Waals surface area contributed by atoms with E-state index in [0.717, 1.165) is 23.7 Å². The second-order valence-electron chi connectivity index (χ2n) is 1.98. The summed E-state index contributed by atoms with van der Waals surface area (Å²) in [4.78, 5) is 4.21. The highest BCUT2D eigenvalue weighted by Crippen LogP contribution is 2.03. The smallest absolute Gasteiger partial charge is 0.142 e. The molecule has 0 N–H and O–H groups in total. The molecule has 0 aliphatic heterocycles. The second kappa shape index (κ2) is 2.92. The van der Waals surface area contributed by atoms with Gasteiger partial charge < -0.3 is 0 Å². The summed E-state index contributed by atoms with van der Waals surface area (Å²) in [7, 11) is 0. The van der Waals surface area contributed by atoms with Gasteiger partial charge in [-0.25, -0.2) is 4.98 Å². The van der Waals surface area contributed by atoms with Crippen molar-refractivity contribution in [3.63, 3.8) is 0 Å². The molecule has 0 atom stereocenters. The average molecular weight is 142 g/mol. The van der Waals surface area contributed by atoms with Crippen LogP contribution < -0.4 is 0 Å². The molecular formula is C6H10N2S. The fourth-order valence-electron chi connectivity index (χ4n) is 0.666. The third-order valence-electron chi connectivity index (χ3n) is 1.04. The second-order valence-corrected chi connectivity index (χ2v) is 2.94. The zero-order valence-corrected chi connectivity index (χ0v) is 6.53. The summed E-state index contributed by atoms with van der Waals surface area (Å²) in [6.45, 7) is 4.12. The Morgan fingerprint density at radius 2 is 2.33 bits per heavy atom. The maximum atomic E-state index is 4.21. The first-order valence-electron chi connectivity index (χ1n) is 3.12. The minimum absolute atomic E-state index is 1.00. The molecule has 0 radical (unpaired) electrons. The largest absolute Gasteiger partial charge is 0.225 e. The van der Waals surface area contributed by atoms with Crippen LogP contribution in [-0.2, 0) is 6.42 Å². The van der Waals surface area contributed by atoms with Crippen LogP contribution in [0.1, 0.15) is 24.2 Å². The molecule has 1 heterocycles. The Bertz CT molecular complexity index is 183. The van der Waals surface area contributed by atoms with Gasteiger partial charge in [0.2, 0.25) is 0 Å². The monoisotopic (exact) mass is 142 g/mol. The standard InChI is InChI=1S/C6H10N2S/c1-3-4-6-7-5(2)9-8-6/h3-4H2,1-2H3. The summed E-state index contributed by atoms with van der Waals surface area (Å²) in [5.41, 5.74) is 0. The van der Waals surface area contributed by atoms with Gasteiger partial charge in [0.25, 0.3) is 0 Å². The highest BCUT2D eigenvalue weighted by atomic mass is 32.1. The van der Waals surface area contributed by atoms with Gasteiger partial charge in [-0.1, -0.05) is 6.92 Å². The minimum Gasteiger partial charge on any atom is -0.225 e. The molecule has 0 unspecified atom stereocenters. The lowest BCUT2D eigenvalue weighted by atomic mass is 10.3. The van der Waals surface area contributed by atoms with Crippen molar-refractivity contribution < 1.29 is 0 Å². The molecule has 1 aromatic rings. The SMILES string of the molecule is CCCc1nsc(C)n1. The van der Waals surface area contributed by atoms with Crippen molar-refractivity contribution in [2.75, 3.05) is 0 Å². The highest BCUT2D eigenvalue weighted by molar-refractivity contribution is 7.05. The molecule has 0 saturated heterocycles. The van der Waals surface area contributed by atoms with Crippen LogP contribution in [0.5, 0.6) is 0 Å². The molecule has 50 valence electrons. The number of hydrogen-bond donors (Lipinski definition) is 0. The zero-order chi connectivity index (χ0) is 6.69. The number of rotatable bonds is 2. The topological polar surface area (TPSA) is 25.8 Å². The van der Waals surface area contributed by atoms with Crippen LogP contribution in [-0.4, -0.2) is 9.36 Å². The first kappa shape index (κ1) is 6.68. The van der Waals surface area contributed by atoms with Crippen LogP contribution in [0.25, 0.3) is 0 Å². The van der Waals surface area contributed by atoms with Crippen molar-refractivity contribution in [3.05, 3.63) is 10.8 Å². The zero-order valence-electron chi connectivity index (χ0n) is 5.72. The molecule has 9 heavy (non-hydrogen) atoms. The van der Waals surface area contributed by atoms with Crippen LogP contribution in [0.2, 0.25) is 0 Å². The molecule has 1 aromatic heterocycles. The molecule has 0 saturated carbocycles. The number of aromatic nitrogens is 2. The Hall–Kier alpha value is -0.440. The lowest BCUT2D eigenvalue weighted by Gasteiger charge is -1.83. The number of nitrogens with zero attached hydrogens (tertiary/aromatic N) is 2. The lowest BCUT2D eigenvalue weighted by Crippen LogP contribution is -1.84. The van der Waals surface area contributed by atoms with E-state index in [1.165, 1.54) is 11.5 Å². The van der Waals surface area contributed by atoms with Gasteiger partial charge in [0.1, 0.15) is 10.8 Å². The summed E-state index contributed by atoms with van der Waals surface area (Å²) in [6, 6.07) is 0. The van der Waals surface area contributed by atoms with Crippen molar-refractivity contribution in [1.29, 1.82) is 0 Å². The van der Waals surface area contributed by atoms with Crippen molar-refractivity contribution in [3.8, 4) is 0 Å². The van der Waals surface area contributed by atoms with E-state index in [4.69, 9.17) is 0 Å². The van der Waals surface area contributed by atoms with Crippen molar-refractivity contribution in [1.82, 2.24) is 9.36 Å². The van der Waals surface area contributed by atoms with Gasteiger partial charge in [0.15, 0.2) is 0 Å². The van der Waals surface area contributed by atoms with Crippen molar-refractivity contribution in [2.24, 2.45) is 0 Å². The molecule has 0 bridgehead atoms. The van der Waals surface area contributed by atoms with Crippen LogP contribution in [0.4, 0.5) is 0 Å². The summed E-state index contributed by atoms with van der Waals surface area (Å²) in [6.07, 6.45) is 2.15. The Morgan fingerprint density at radius 1 is 1.56 bits per heavy atom. The van der Waals surface area contributed by atoms with Crippen molar-refractivity contribution in [2.45, 2.75) is 26.7 Å². The molecule has 0 amide bonds. The van der Waals surface area contributed by atoms with Crippen LogP contribution >= 0.6 is 11.5 Å². The Morgan fingerprint density at radius 3 is 2.78 bits per heavy atom. The van der Waals surface area contributed by atoms with E-state index < -0.39 is 0 Å². The molecule has 2 nitrogen and oxygen atoms in total. The summed E-state index contributed by atoms with van der Waals surface area (Å²) < 4.78 is 4.14. The summed E-state index contributed by atoms with van der Waals surface area (Å²) in [5, 5.41) is 1.07. The van der Waals surface area contributed by atoms with Crippen molar-refractivity contribution >= 4 is 11.5 Å². The van der Waals surface area contributed by atoms with Crippen LogP contribution in [0, 0.1) is 6.92 Å². The minimum atomic E-state index is 1.00. The molecule has 0 aliphatic carbocycles. The van der Waals surface area contributed by atoms with E-state index in [1.54, 1.807) is 0 Å². The summed E-state index contributed by atoms with van der Waals surface area (Å²) in [5.74, 6) is 1.00. The van der Waals surface area contributed by atoms with E-state index in [2.05, 4.69) is 16.3 Å². The van der Waals surface area contributed by atoms with Gasteiger partial charge in [0, 0.05) is 6.42 Å². The van der Waals surface area contributed by atoms with E-state index in [0.29, 0.717) is 0 Å². The van der Waals surface area contributed by atoms with Gasteiger partial charge >= 0.3 is 0 Å². The van der Waals surface area contributed by atoms with E-state index >= 15 is 0 Å². The Labute approximate surface area is 59.1 Å². The molecule has 0 fully saturated rings. The maximum absolute atomic E-state index is 4.21. The van der Waals surface area contributed by atoms with Gasteiger partial charge in [-0.3, -0.25) is 0 Å². The van der Waals surface area contributed by atoms with E-state index in [9.17, 15) is 0 Å². The third-order valence-corrected chi connectivity index (χ3v) is 1.70. The fourth-order valence-corrected chi connectivity index (χ4v) is 1.18. The summed E-state index contributed by atoms with van der Waals surface area (Å²) >= 11 is 1.48. The number of aryl methyl sites for hydroxylation is 2. The first-order valence-corrected chi connectivity index (χ1v) is 3.89. The lowest BCUT2D eigenvalue weighted by molar-refractivity contribution is 0.857. The molecule has 1 rings (SSSR count). The Balaban J connectivity index is 2.61. The number of hydrogen-bond acceptors (Lipinski definition) is 3. The third kappa shape index (κ3) is 1.75. The normalized spacial score (nSPS) is 10.0. The van der Waals surface area contributed by atoms with E-state index in [-0.39, 0.29) is 0 Å². The predicted molar refractivity (Wildman–Crippen MR) is 38.6 cm³/mol. The van der Waals surface area contributed by atoms with Gasteiger partial charge in [0.05, 0.1) is 0 Å². The molecular weight excluding hydrogens is 132 g/mol. The van der Waals surface area contributed by atoms with Gasteiger partial charge in [-0.15, -0.1) is 0 Å². The quantitative estimate of drug-likeness (QED) is 0.629. The maximum Gasteiger partial charge on any atom is 0.142 e. The fraction of sp³-hybridized carbons (Fsp3) is 0.667.